The van der Waals surface area contributed by atoms with E-state index >= 15 is 0 Å². The van der Waals surface area contributed by atoms with Crippen LogP contribution in [-0.2, 0) is 0 Å². The molecule has 1 saturated carbocycles. The summed E-state index contributed by atoms with van der Waals surface area (Å²) in [5.41, 5.74) is 0.945. The fraction of sp³-hybridized carbons (Fsp3) is 0.647. The highest BCUT2D eigenvalue weighted by atomic mass is 35.5. The molecule has 0 amide bonds. The smallest absolute Gasteiger partial charge is 0.406 e. The largest absolute Gasteiger partial charge is 0.573 e. The van der Waals surface area contributed by atoms with E-state index in [-0.39, 0.29) is 24.2 Å². The summed E-state index contributed by atoms with van der Waals surface area (Å²) < 4.78 is 41.6. The van der Waals surface area contributed by atoms with Gasteiger partial charge in [-0.25, -0.2) is 0 Å². The zero-order chi connectivity index (χ0) is 16.3. The molecule has 0 bridgehead atoms. The Labute approximate surface area is 147 Å². The average Bonchev–Trinajstić information content (AvgIpc) is 3.01. The quantitative estimate of drug-likeness (QED) is 0.868. The molecule has 1 aromatic carbocycles. The van der Waals surface area contributed by atoms with Gasteiger partial charge in [0.1, 0.15) is 5.75 Å². The van der Waals surface area contributed by atoms with Crippen LogP contribution in [0.2, 0.25) is 0 Å². The lowest BCUT2D eigenvalue weighted by Crippen LogP contribution is -2.46. The van der Waals surface area contributed by atoms with Gasteiger partial charge in [-0.15, -0.1) is 25.6 Å². The molecule has 1 atom stereocenters. The van der Waals surface area contributed by atoms with Gasteiger partial charge in [-0.2, -0.15) is 0 Å². The van der Waals surface area contributed by atoms with Crippen LogP contribution in [0.1, 0.15) is 37.3 Å². The number of rotatable bonds is 4. The summed E-state index contributed by atoms with van der Waals surface area (Å²) in [5, 5.41) is 3.34. The van der Waals surface area contributed by atoms with Gasteiger partial charge in [0.05, 0.1) is 0 Å². The summed E-state index contributed by atoms with van der Waals surface area (Å²) in [6, 6.07) is 6.74. The Bertz CT molecular complexity index is 515. The first-order valence-corrected chi connectivity index (χ1v) is 8.33. The van der Waals surface area contributed by atoms with Crippen molar-refractivity contribution in [3.8, 4) is 5.75 Å². The van der Waals surface area contributed by atoms with Gasteiger partial charge in [0.2, 0.25) is 0 Å². The molecule has 7 heteroatoms. The molecule has 0 aromatic heterocycles. The topological polar surface area (TPSA) is 24.5 Å². The second-order valence-electron chi connectivity index (χ2n) is 6.40. The fourth-order valence-corrected chi connectivity index (χ4v) is 3.91. The van der Waals surface area contributed by atoms with Crippen molar-refractivity contribution in [3.63, 3.8) is 0 Å². The molecule has 1 aliphatic heterocycles. The van der Waals surface area contributed by atoms with Gasteiger partial charge in [0, 0.05) is 32.2 Å². The average molecular weight is 365 g/mol. The molecular formula is C17H24ClF3N2O. The summed E-state index contributed by atoms with van der Waals surface area (Å²) in [4.78, 5) is 2.42. The third-order valence-corrected chi connectivity index (χ3v) is 4.82. The maximum Gasteiger partial charge on any atom is 0.573 e. The maximum atomic E-state index is 12.5. The Morgan fingerprint density at radius 2 is 1.79 bits per heavy atom. The van der Waals surface area contributed by atoms with Gasteiger partial charge < -0.3 is 10.1 Å². The first-order valence-electron chi connectivity index (χ1n) is 8.33. The van der Waals surface area contributed by atoms with Crippen molar-refractivity contribution in [2.45, 2.75) is 38.1 Å². The summed E-state index contributed by atoms with van der Waals surface area (Å²) in [7, 11) is 0. The van der Waals surface area contributed by atoms with E-state index < -0.39 is 6.36 Å². The number of halogens is 4. The van der Waals surface area contributed by atoms with Gasteiger partial charge >= 0.3 is 6.36 Å². The Morgan fingerprint density at radius 3 is 2.42 bits per heavy atom. The van der Waals surface area contributed by atoms with E-state index in [1.807, 2.05) is 6.07 Å². The molecule has 2 aliphatic rings. The van der Waals surface area contributed by atoms with E-state index in [0.29, 0.717) is 5.92 Å². The van der Waals surface area contributed by atoms with Gasteiger partial charge in [-0.05, 0) is 36.5 Å². The van der Waals surface area contributed by atoms with Crippen LogP contribution in [0.25, 0.3) is 0 Å². The molecule has 1 N–H and O–H groups in total. The zero-order valence-electron chi connectivity index (χ0n) is 13.5. The fourth-order valence-electron chi connectivity index (χ4n) is 3.91. The number of benzene rings is 1. The number of piperazine rings is 1. The molecule has 0 radical (unpaired) electrons. The van der Waals surface area contributed by atoms with Crippen molar-refractivity contribution in [3.05, 3.63) is 29.8 Å². The molecule has 1 aliphatic carbocycles. The van der Waals surface area contributed by atoms with Gasteiger partial charge in [0.15, 0.2) is 0 Å². The third-order valence-electron chi connectivity index (χ3n) is 4.82. The first kappa shape index (κ1) is 19.3. The van der Waals surface area contributed by atoms with Crippen LogP contribution in [0.3, 0.4) is 0 Å². The molecule has 2 fully saturated rings. The zero-order valence-corrected chi connectivity index (χ0v) is 14.3. The van der Waals surface area contributed by atoms with E-state index in [9.17, 15) is 13.2 Å². The molecular weight excluding hydrogens is 341 g/mol. The predicted molar refractivity (Wildman–Crippen MR) is 89.5 cm³/mol. The van der Waals surface area contributed by atoms with E-state index in [1.165, 1.54) is 18.9 Å². The molecule has 0 unspecified atom stereocenters. The van der Waals surface area contributed by atoms with Gasteiger partial charge in [0.25, 0.3) is 0 Å². The lowest BCUT2D eigenvalue weighted by Gasteiger charge is -2.38. The minimum Gasteiger partial charge on any atom is -0.406 e. The highest BCUT2D eigenvalue weighted by molar-refractivity contribution is 5.85. The highest BCUT2D eigenvalue weighted by Crippen LogP contribution is 2.40. The molecule has 1 heterocycles. The Balaban J connectivity index is 0.00000208. The van der Waals surface area contributed by atoms with Crippen LogP contribution < -0.4 is 10.1 Å². The number of hydrogen-bond acceptors (Lipinski definition) is 3. The number of alkyl halides is 3. The molecule has 3 nitrogen and oxygen atoms in total. The summed E-state index contributed by atoms with van der Waals surface area (Å²) in [6.07, 6.45) is 0.0897. The number of ether oxygens (including phenoxy) is 1. The van der Waals surface area contributed by atoms with E-state index in [4.69, 9.17) is 0 Å². The van der Waals surface area contributed by atoms with Crippen molar-refractivity contribution >= 4 is 12.4 Å². The summed E-state index contributed by atoms with van der Waals surface area (Å²) in [6.45, 7) is 3.74. The normalized spacial score (nSPS) is 21.3. The van der Waals surface area contributed by atoms with Gasteiger partial charge in [-0.1, -0.05) is 25.0 Å². The molecule has 1 aromatic rings. The number of nitrogens with zero attached hydrogens (tertiary/aromatic N) is 1. The van der Waals surface area contributed by atoms with Crippen LogP contribution in [0.5, 0.6) is 5.75 Å². The SMILES string of the molecule is Cl.FC(F)(F)Oc1cccc([C@@H](C2CCCC2)N2CCNCC2)c1. The van der Waals surface area contributed by atoms with Crippen LogP contribution in [0.15, 0.2) is 24.3 Å². The van der Waals surface area contributed by atoms with Crippen LogP contribution >= 0.6 is 12.4 Å². The third kappa shape index (κ3) is 5.01. The Kier molecular flexibility index (Phi) is 6.78. The maximum absolute atomic E-state index is 12.5. The highest BCUT2D eigenvalue weighted by Gasteiger charge is 2.34. The van der Waals surface area contributed by atoms with Crippen LogP contribution in [0.4, 0.5) is 13.2 Å². The number of nitrogens with one attached hydrogen (secondary N) is 1. The van der Waals surface area contributed by atoms with E-state index in [2.05, 4.69) is 15.0 Å². The minimum absolute atomic E-state index is 0. The standard InChI is InChI=1S/C17H23F3N2O.ClH/c18-17(19,20)23-15-7-3-6-14(12-15)16(13-4-1-2-5-13)22-10-8-21-9-11-22;/h3,6-7,12-13,16,21H,1-2,4-5,8-11H2;1H/t16-;/m1./s1. The van der Waals surface area contributed by atoms with Crippen molar-refractivity contribution < 1.29 is 17.9 Å². The van der Waals surface area contributed by atoms with Crippen LogP contribution in [-0.4, -0.2) is 37.4 Å². The second kappa shape index (κ2) is 8.41. The van der Waals surface area contributed by atoms with Crippen molar-refractivity contribution in [2.75, 3.05) is 26.2 Å². The molecule has 0 spiro atoms. The predicted octanol–water partition coefficient (Wildman–Crippen LogP) is 4.14. The van der Waals surface area contributed by atoms with E-state index in [0.717, 1.165) is 44.6 Å². The van der Waals surface area contributed by atoms with Gasteiger partial charge in [-0.3, -0.25) is 4.90 Å². The number of hydrogen-bond donors (Lipinski definition) is 1. The second-order valence-corrected chi connectivity index (χ2v) is 6.40. The summed E-state index contributed by atoms with van der Waals surface area (Å²) >= 11 is 0. The molecule has 1 saturated heterocycles. The Hall–Kier alpha value is -0.980. The van der Waals surface area contributed by atoms with Crippen molar-refractivity contribution in [2.24, 2.45) is 5.92 Å². The first-order chi connectivity index (χ1) is 11.0. The van der Waals surface area contributed by atoms with E-state index in [1.54, 1.807) is 12.1 Å². The molecule has 136 valence electrons. The van der Waals surface area contributed by atoms with Crippen LogP contribution in [0, 0.1) is 5.92 Å². The van der Waals surface area contributed by atoms with Crippen molar-refractivity contribution in [1.29, 1.82) is 0 Å². The molecule has 3 rings (SSSR count). The minimum atomic E-state index is -4.64. The lowest BCUT2D eigenvalue weighted by atomic mass is 9.89. The molecule has 24 heavy (non-hydrogen) atoms. The lowest BCUT2D eigenvalue weighted by molar-refractivity contribution is -0.274. The summed E-state index contributed by atoms with van der Waals surface area (Å²) in [5.74, 6) is 0.405. The Morgan fingerprint density at radius 1 is 1.12 bits per heavy atom. The van der Waals surface area contributed by atoms with Crippen molar-refractivity contribution in [1.82, 2.24) is 10.2 Å². The monoisotopic (exact) mass is 364 g/mol.